The third-order valence-corrected chi connectivity index (χ3v) is 3.24. The Morgan fingerprint density at radius 3 is 2.67 bits per heavy atom. The van der Waals surface area contributed by atoms with E-state index in [1.54, 1.807) is 6.92 Å². The number of benzene rings is 1. The fourth-order valence-corrected chi connectivity index (χ4v) is 1.93. The molecule has 1 aromatic rings. The van der Waals surface area contributed by atoms with Gasteiger partial charge in [-0.05, 0) is 49.4 Å². The first-order valence-corrected chi connectivity index (χ1v) is 6.80. The third kappa shape index (κ3) is 5.01. The summed E-state index contributed by atoms with van der Waals surface area (Å²) in [5, 5.41) is 3.41. The topological polar surface area (TPSA) is 29.1 Å². The number of nitrogens with one attached hydrogen (secondary N) is 1. The highest BCUT2D eigenvalue weighted by molar-refractivity contribution is 5.75. The molecule has 0 unspecified atom stereocenters. The number of aryl methyl sites for hydroxylation is 1. The first-order chi connectivity index (χ1) is 8.50. The highest BCUT2D eigenvalue weighted by Gasteiger charge is 2.03. The minimum Gasteiger partial charge on any atom is -0.313 e. The van der Waals surface area contributed by atoms with E-state index in [0.717, 1.165) is 19.5 Å². The van der Waals surface area contributed by atoms with Crippen LogP contribution in [-0.4, -0.2) is 12.3 Å². The van der Waals surface area contributed by atoms with E-state index in [4.69, 9.17) is 0 Å². The zero-order valence-corrected chi connectivity index (χ0v) is 12.0. The lowest BCUT2D eigenvalue weighted by atomic mass is 9.98. The lowest BCUT2D eigenvalue weighted by molar-refractivity contribution is -0.117. The summed E-state index contributed by atoms with van der Waals surface area (Å²) in [6.45, 7) is 10.0. The van der Waals surface area contributed by atoms with Crippen LogP contribution in [0.2, 0.25) is 0 Å². The fourth-order valence-electron chi connectivity index (χ4n) is 1.93. The van der Waals surface area contributed by atoms with E-state index >= 15 is 0 Å². The van der Waals surface area contributed by atoms with E-state index in [0.29, 0.717) is 12.3 Å². The molecule has 0 saturated heterocycles. The summed E-state index contributed by atoms with van der Waals surface area (Å²) in [6.07, 6.45) is 1.61. The van der Waals surface area contributed by atoms with Gasteiger partial charge in [0.05, 0.1) is 0 Å². The van der Waals surface area contributed by atoms with E-state index in [1.807, 2.05) is 0 Å². The van der Waals surface area contributed by atoms with E-state index < -0.39 is 0 Å². The monoisotopic (exact) mass is 247 g/mol. The van der Waals surface area contributed by atoms with Crippen LogP contribution in [0.3, 0.4) is 0 Å². The Labute approximate surface area is 111 Å². The molecule has 0 atom stereocenters. The minimum absolute atomic E-state index is 0.273. The highest BCUT2D eigenvalue weighted by Crippen LogP contribution is 2.18. The number of carbonyl (C=O) groups is 1. The molecule has 0 spiro atoms. The Hall–Kier alpha value is -1.15. The largest absolute Gasteiger partial charge is 0.313 e. The van der Waals surface area contributed by atoms with Crippen LogP contribution in [0.4, 0.5) is 0 Å². The molecule has 18 heavy (non-hydrogen) atoms. The number of ketones is 1. The summed E-state index contributed by atoms with van der Waals surface area (Å²) in [6, 6.07) is 6.69. The Morgan fingerprint density at radius 1 is 1.33 bits per heavy atom. The molecular weight excluding hydrogens is 222 g/mol. The summed E-state index contributed by atoms with van der Waals surface area (Å²) >= 11 is 0. The number of Topliss-reactive ketones (excluding diaryl/α,β-unsaturated/α-hetero) is 1. The Kier molecular flexibility index (Phi) is 6.06. The second kappa shape index (κ2) is 7.32. The summed E-state index contributed by atoms with van der Waals surface area (Å²) < 4.78 is 0. The Bertz CT molecular complexity index is 396. The van der Waals surface area contributed by atoms with Crippen LogP contribution in [0.15, 0.2) is 18.2 Å². The molecule has 0 amide bonds. The smallest absolute Gasteiger partial charge is 0.129 e. The van der Waals surface area contributed by atoms with Gasteiger partial charge in [-0.15, -0.1) is 0 Å². The van der Waals surface area contributed by atoms with Gasteiger partial charge in [0, 0.05) is 13.0 Å². The van der Waals surface area contributed by atoms with Crippen LogP contribution in [0.5, 0.6) is 0 Å². The fraction of sp³-hybridized carbons (Fsp3) is 0.562. The normalized spacial score (nSPS) is 10.9. The third-order valence-electron chi connectivity index (χ3n) is 3.24. The van der Waals surface area contributed by atoms with Crippen molar-refractivity contribution in [1.29, 1.82) is 0 Å². The van der Waals surface area contributed by atoms with Crippen LogP contribution in [-0.2, 0) is 11.3 Å². The number of hydrogen-bond acceptors (Lipinski definition) is 2. The Morgan fingerprint density at radius 2 is 2.06 bits per heavy atom. The molecule has 1 N–H and O–H groups in total. The van der Waals surface area contributed by atoms with Gasteiger partial charge < -0.3 is 10.1 Å². The van der Waals surface area contributed by atoms with Crippen LogP contribution < -0.4 is 5.32 Å². The summed E-state index contributed by atoms with van der Waals surface area (Å²) in [5.41, 5.74) is 4.09. The lowest BCUT2D eigenvalue weighted by Crippen LogP contribution is -2.16. The molecule has 0 aliphatic rings. The van der Waals surface area contributed by atoms with Crippen LogP contribution in [0.25, 0.3) is 0 Å². The molecule has 0 saturated carbocycles. The van der Waals surface area contributed by atoms with Gasteiger partial charge in [0.25, 0.3) is 0 Å². The van der Waals surface area contributed by atoms with Crippen LogP contribution in [0.1, 0.15) is 56.2 Å². The second-order valence-corrected chi connectivity index (χ2v) is 5.32. The average Bonchev–Trinajstić information content (AvgIpc) is 2.30. The lowest BCUT2D eigenvalue weighted by Gasteiger charge is -2.12. The van der Waals surface area contributed by atoms with Crippen LogP contribution >= 0.6 is 0 Å². The molecule has 1 aromatic carbocycles. The molecule has 1 rings (SSSR count). The number of carbonyl (C=O) groups excluding carboxylic acids is 1. The Balaban J connectivity index is 2.46. The van der Waals surface area contributed by atoms with Gasteiger partial charge in [-0.2, -0.15) is 0 Å². The molecule has 100 valence electrons. The van der Waals surface area contributed by atoms with Crippen LogP contribution in [0, 0.1) is 6.92 Å². The summed E-state index contributed by atoms with van der Waals surface area (Å²) in [7, 11) is 0. The van der Waals surface area contributed by atoms with Crippen molar-refractivity contribution < 1.29 is 4.79 Å². The minimum atomic E-state index is 0.273. The molecular formula is C16H25NO. The van der Waals surface area contributed by atoms with Gasteiger partial charge in [-0.1, -0.05) is 32.0 Å². The molecule has 2 nitrogen and oxygen atoms in total. The van der Waals surface area contributed by atoms with Gasteiger partial charge >= 0.3 is 0 Å². The number of hydrogen-bond donors (Lipinski definition) is 1. The van der Waals surface area contributed by atoms with Crippen molar-refractivity contribution in [2.75, 3.05) is 6.54 Å². The maximum atomic E-state index is 10.8. The van der Waals surface area contributed by atoms with E-state index in [2.05, 4.69) is 44.3 Å². The molecule has 0 aliphatic carbocycles. The maximum Gasteiger partial charge on any atom is 0.129 e. The van der Waals surface area contributed by atoms with Crippen molar-refractivity contribution >= 4 is 5.78 Å². The first kappa shape index (κ1) is 14.9. The SMILES string of the molecule is CC(=O)CCCNCc1cc(C(C)C)ccc1C. The van der Waals surface area contributed by atoms with E-state index in [-0.39, 0.29) is 5.78 Å². The molecule has 0 radical (unpaired) electrons. The standard InChI is InChI=1S/C16H25NO/c1-12(2)15-8-7-13(3)16(10-15)11-17-9-5-6-14(4)18/h7-8,10,12,17H,5-6,9,11H2,1-4H3. The predicted octanol–water partition coefficient (Wildman–Crippen LogP) is 3.58. The van der Waals surface area contributed by atoms with Crippen molar-refractivity contribution in [3.8, 4) is 0 Å². The van der Waals surface area contributed by atoms with Crippen molar-refractivity contribution in [2.24, 2.45) is 0 Å². The van der Waals surface area contributed by atoms with Gasteiger partial charge in [-0.25, -0.2) is 0 Å². The zero-order chi connectivity index (χ0) is 13.5. The van der Waals surface area contributed by atoms with Gasteiger partial charge in [0.15, 0.2) is 0 Å². The molecule has 0 fully saturated rings. The predicted molar refractivity (Wildman–Crippen MR) is 76.9 cm³/mol. The van der Waals surface area contributed by atoms with E-state index in [9.17, 15) is 4.79 Å². The molecule has 0 aromatic heterocycles. The van der Waals surface area contributed by atoms with Crippen molar-refractivity contribution in [3.05, 3.63) is 34.9 Å². The molecule has 2 heteroatoms. The summed E-state index contributed by atoms with van der Waals surface area (Å²) in [5.74, 6) is 0.844. The second-order valence-electron chi connectivity index (χ2n) is 5.32. The molecule has 0 aliphatic heterocycles. The van der Waals surface area contributed by atoms with Gasteiger partial charge in [-0.3, -0.25) is 0 Å². The molecule has 0 bridgehead atoms. The maximum absolute atomic E-state index is 10.8. The summed E-state index contributed by atoms with van der Waals surface area (Å²) in [4.78, 5) is 10.8. The number of rotatable bonds is 7. The van der Waals surface area contributed by atoms with Crippen molar-refractivity contribution in [2.45, 2.75) is 53.0 Å². The zero-order valence-electron chi connectivity index (χ0n) is 12.0. The first-order valence-electron chi connectivity index (χ1n) is 6.80. The quantitative estimate of drug-likeness (QED) is 0.746. The van der Waals surface area contributed by atoms with Crippen molar-refractivity contribution in [3.63, 3.8) is 0 Å². The van der Waals surface area contributed by atoms with Gasteiger partial charge in [0.2, 0.25) is 0 Å². The molecule has 0 heterocycles. The highest BCUT2D eigenvalue weighted by atomic mass is 16.1. The van der Waals surface area contributed by atoms with E-state index in [1.165, 1.54) is 16.7 Å². The van der Waals surface area contributed by atoms with Gasteiger partial charge in [0.1, 0.15) is 5.78 Å². The van der Waals surface area contributed by atoms with Crippen molar-refractivity contribution in [1.82, 2.24) is 5.32 Å². The average molecular weight is 247 g/mol.